The summed E-state index contributed by atoms with van der Waals surface area (Å²) in [6.45, 7) is 5.77. The zero-order chi connectivity index (χ0) is 20.1. The van der Waals surface area contributed by atoms with E-state index in [1.165, 1.54) is 5.56 Å². The lowest BCUT2D eigenvalue weighted by atomic mass is 10.1. The number of ether oxygens (including phenoxy) is 1. The predicted molar refractivity (Wildman–Crippen MR) is 117 cm³/mol. The van der Waals surface area contributed by atoms with Crippen LogP contribution in [0.25, 0.3) is 10.8 Å². The minimum Gasteiger partial charge on any atom is -0.481 e. The van der Waals surface area contributed by atoms with E-state index in [-0.39, 0.29) is 5.91 Å². The van der Waals surface area contributed by atoms with E-state index in [0.717, 1.165) is 22.0 Å². The highest BCUT2D eigenvalue weighted by atomic mass is 32.1. The number of carbonyl (C=O) groups is 1. The van der Waals surface area contributed by atoms with Crippen LogP contribution < -0.4 is 20.9 Å². The van der Waals surface area contributed by atoms with Crippen LogP contribution >= 0.6 is 12.2 Å². The third-order valence-corrected chi connectivity index (χ3v) is 4.67. The number of anilines is 1. The Balaban J connectivity index is 1.51. The van der Waals surface area contributed by atoms with Crippen molar-refractivity contribution in [3.05, 3.63) is 71.8 Å². The molecule has 6 heteroatoms. The summed E-state index contributed by atoms with van der Waals surface area (Å²) in [5.41, 5.74) is 8.49. The molecule has 3 rings (SSSR count). The molecule has 0 saturated heterocycles. The van der Waals surface area contributed by atoms with Gasteiger partial charge in [0.25, 0.3) is 5.91 Å². The summed E-state index contributed by atoms with van der Waals surface area (Å²) < 4.78 is 5.75. The second-order valence-corrected chi connectivity index (χ2v) is 7.04. The number of hydrogen-bond acceptors (Lipinski definition) is 3. The van der Waals surface area contributed by atoms with Gasteiger partial charge in [-0.05, 0) is 79.2 Å². The van der Waals surface area contributed by atoms with Gasteiger partial charge in [0.05, 0.1) is 0 Å². The summed E-state index contributed by atoms with van der Waals surface area (Å²) in [4.78, 5) is 12.3. The Hall–Kier alpha value is -3.12. The molecule has 0 aliphatic rings. The molecule has 28 heavy (non-hydrogen) atoms. The van der Waals surface area contributed by atoms with E-state index in [2.05, 4.69) is 16.2 Å². The average molecular weight is 394 g/mol. The van der Waals surface area contributed by atoms with Gasteiger partial charge in [0.1, 0.15) is 5.75 Å². The van der Waals surface area contributed by atoms with Crippen molar-refractivity contribution in [3.8, 4) is 5.75 Å². The van der Waals surface area contributed by atoms with E-state index in [4.69, 9.17) is 17.0 Å². The van der Waals surface area contributed by atoms with E-state index in [9.17, 15) is 4.79 Å². The molecule has 0 aliphatic heterocycles. The average Bonchev–Trinajstić information content (AvgIpc) is 2.69. The van der Waals surface area contributed by atoms with Crippen LogP contribution in [0.15, 0.2) is 60.7 Å². The van der Waals surface area contributed by atoms with Gasteiger partial charge in [0.2, 0.25) is 0 Å². The second kappa shape index (κ2) is 8.71. The molecule has 3 aromatic carbocycles. The highest BCUT2D eigenvalue weighted by molar-refractivity contribution is 7.80. The third-order valence-electron chi connectivity index (χ3n) is 4.47. The molecule has 0 aliphatic carbocycles. The molecular formula is C22H23N3O2S. The van der Waals surface area contributed by atoms with Crippen molar-refractivity contribution < 1.29 is 9.53 Å². The molecule has 0 unspecified atom stereocenters. The molecule has 1 atom stereocenters. The molecule has 0 aromatic heterocycles. The second-order valence-electron chi connectivity index (χ2n) is 6.64. The van der Waals surface area contributed by atoms with Crippen molar-refractivity contribution >= 4 is 39.7 Å². The van der Waals surface area contributed by atoms with Gasteiger partial charge in [-0.3, -0.25) is 15.6 Å². The minimum atomic E-state index is -0.682. The Labute approximate surface area is 170 Å². The van der Waals surface area contributed by atoms with Crippen molar-refractivity contribution in [1.29, 1.82) is 0 Å². The summed E-state index contributed by atoms with van der Waals surface area (Å²) in [6.07, 6.45) is -0.682. The van der Waals surface area contributed by atoms with Crippen LogP contribution in [0.4, 0.5) is 5.69 Å². The lowest BCUT2D eigenvalue weighted by Crippen LogP contribution is -2.48. The molecule has 0 saturated carbocycles. The van der Waals surface area contributed by atoms with Gasteiger partial charge in [-0.25, -0.2) is 0 Å². The van der Waals surface area contributed by atoms with Crippen LogP contribution in [0.2, 0.25) is 0 Å². The number of rotatable bonds is 4. The molecule has 0 heterocycles. The first-order chi connectivity index (χ1) is 13.4. The lowest BCUT2D eigenvalue weighted by Gasteiger charge is -2.17. The zero-order valence-electron chi connectivity index (χ0n) is 16.1. The van der Waals surface area contributed by atoms with E-state index in [1.54, 1.807) is 6.92 Å². The maximum Gasteiger partial charge on any atom is 0.279 e. The number of carbonyl (C=O) groups excluding carboxylic acids is 1. The molecule has 5 nitrogen and oxygen atoms in total. The van der Waals surface area contributed by atoms with Crippen molar-refractivity contribution in [2.24, 2.45) is 0 Å². The number of aryl methyl sites for hydroxylation is 2. The molecule has 3 N–H and O–H groups in total. The summed E-state index contributed by atoms with van der Waals surface area (Å²) in [5, 5.41) is 5.52. The number of fused-ring (bicyclic) bond motifs is 1. The predicted octanol–water partition coefficient (Wildman–Crippen LogP) is 4.24. The van der Waals surface area contributed by atoms with E-state index in [0.29, 0.717) is 10.9 Å². The number of thiocarbonyl (C=S) groups is 1. The van der Waals surface area contributed by atoms with Crippen molar-refractivity contribution in [2.45, 2.75) is 26.9 Å². The Bertz CT molecular complexity index is 1020. The normalized spacial score (nSPS) is 11.5. The van der Waals surface area contributed by atoms with Gasteiger partial charge in [-0.15, -0.1) is 0 Å². The Morgan fingerprint density at radius 2 is 1.68 bits per heavy atom. The van der Waals surface area contributed by atoms with Crippen molar-refractivity contribution in [3.63, 3.8) is 0 Å². The molecule has 3 aromatic rings. The van der Waals surface area contributed by atoms with Crippen LogP contribution in [0.1, 0.15) is 18.1 Å². The van der Waals surface area contributed by atoms with Crippen molar-refractivity contribution in [1.82, 2.24) is 10.9 Å². The zero-order valence-corrected chi connectivity index (χ0v) is 16.9. The number of amides is 1. The quantitative estimate of drug-likeness (QED) is 0.457. The first kappa shape index (κ1) is 19.6. The van der Waals surface area contributed by atoms with Crippen molar-refractivity contribution in [2.75, 3.05) is 5.32 Å². The molecule has 0 fully saturated rings. The van der Waals surface area contributed by atoms with E-state index < -0.39 is 6.10 Å². The number of hydrazine groups is 1. The molecule has 0 radical (unpaired) electrons. The van der Waals surface area contributed by atoms with Crippen LogP contribution in [0.3, 0.4) is 0 Å². The standard InChI is InChI=1S/C22H23N3O2S/c1-14-8-10-19(12-15(14)2)23-22(28)25-24-21(26)16(3)27-20-11-9-17-6-4-5-7-18(17)13-20/h4-13,16H,1-3H3,(H,24,26)(H2,23,25,28)/t16-/m0/s1. The first-order valence-corrected chi connectivity index (χ1v) is 9.43. The van der Waals surface area contributed by atoms with Crippen LogP contribution in [-0.4, -0.2) is 17.1 Å². The van der Waals surface area contributed by atoms with E-state index >= 15 is 0 Å². The lowest BCUT2D eigenvalue weighted by molar-refractivity contribution is -0.127. The topological polar surface area (TPSA) is 62.4 Å². The van der Waals surface area contributed by atoms with E-state index in [1.807, 2.05) is 74.5 Å². The maximum absolute atomic E-state index is 12.3. The summed E-state index contributed by atoms with van der Waals surface area (Å²) in [5.74, 6) is 0.314. The molecule has 0 spiro atoms. The van der Waals surface area contributed by atoms with Gasteiger partial charge in [0, 0.05) is 5.69 Å². The Kier molecular flexibility index (Phi) is 6.11. The van der Waals surface area contributed by atoms with Gasteiger partial charge in [0.15, 0.2) is 11.2 Å². The number of nitrogens with one attached hydrogen (secondary N) is 3. The highest BCUT2D eigenvalue weighted by Crippen LogP contribution is 2.21. The van der Waals surface area contributed by atoms with Gasteiger partial charge in [-0.1, -0.05) is 36.4 Å². The smallest absolute Gasteiger partial charge is 0.279 e. The molecule has 1 amide bonds. The molecular weight excluding hydrogens is 370 g/mol. The number of benzene rings is 3. The van der Waals surface area contributed by atoms with Gasteiger partial charge < -0.3 is 10.1 Å². The first-order valence-electron chi connectivity index (χ1n) is 9.02. The fourth-order valence-electron chi connectivity index (χ4n) is 2.70. The number of hydrogen-bond donors (Lipinski definition) is 3. The van der Waals surface area contributed by atoms with Gasteiger partial charge in [-0.2, -0.15) is 0 Å². The third kappa shape index (κ3) is 4.98. The summed E-state index contributed by atoms with van der Waals surface area (Å²) in [6, 6.07) is 19.7. The SMILES string of the molecule is Cc1ccc(NC(=S)NNC(=O)[C@H](C)Oc2ccc3ccccc3c2)cc1C. The molecule has 144 valence electrons. The minimum absolute atomic E-state index is 0.300. The Morgan fingerprint density at radius 1 is 0.929 bits per heavy atom. The maximum atomic E-state index is 12.3. The summed E-state index contributed by atoms with van der Waals surface area (Å²) in [7, 11) is 0. The highest BCUT2D eigenvalue weighted by Gasteiger charge is 2.15. The van der Waals surface area contributed by atoms with Gasteiger partial charge >= 0.3 is 0 Å². The molecule has 0 bridgehead atoms. The fraction of sp³-hybridized carbons (Fsp3) is 0.182. The van der Waals surface area contributed by atoms with Crippen LogP contribution in [0, 0.1) is 13.8 Å². The monoisotopic (exact) mass is 393 g/mol. The van der Waals surface area contributed by atoms with Crippen LogP contribution in [-0.2, 0) is 4.79 Å². The summed E-state index contributed by atoms with van der Waals surface area (Å²) >= 11 is 5.22. The Morgan fingerprint density at radius 3 is 2.43 bits per heavy atom. The van der Waals surface area contributed by atoms with Crippen LogP contribution in [0.5, 0.6) is 5.75 Å². The largest absolute Gasteiger partial charge is 0.481 e. The fourth-order valence-corrected chi connectivity index (χ4v) is 2.87.